The lowest BCUT2D eigenvalue weighted by molar-refractivity contribution is 0.669. The zero-order valence-electron chi connectivity index (χ0n) is 26.5. The summed E-state index contributed by atoms with van der Waals surface area (Å²) in [5.74, 6) is 0. The third kappa shape index (κ3) is 4.55. The molecular weight excluding hydrogens is 615 g/mol. The minimum atomic E-state index is 0.911. The van der Waals surface area contributed by atoms with Gasteiger partial charge in [-0.3, -0.25) is 0 Å². The molecule has 2 heterocycles. The Bertz CT molecular complexity index is 2840. The first-order valence-electron chi connectivity index (χ1n) is 16.6. The first kappa shape index (κ1) is 27.9. The van der Waals surface area contributed by atoms with Gasteiger partial charge < -0.3 is 9.32 Å². The quantitative estimate of drug-likeness (QED) is 0.186. The summed E-state index contributed by atoms with van der Waals surface area (Å²) in [5, 5.41) is 7.32. The summed E-state index contributed by atoms with van der Waals surface area (Å²) < 4.78 is 8.73. The molecule has 0 amide bonds. The number of hydrogen-bond acceptors (Lipinski definition) is 3. The fourth-order valence-corrected chi connectivity index (χ4v) is 8.61. The van der Waals surface area contributed by atoms with E-state index in [9.17, 15) is 0 Å². The fraction of sp³-hybridized carbons (Fsp3) is 0. The maximum Gasteiger partial charge on any atom is 0.135 e. The molecule has 0 radical (unpaired) electrons. The molecule has 0 aliphatic carbocycles. The SMILES string of the molecule is c1ccc(N(c2ccc(-c3ccc4oc5ccccc5c4c3)cc2)c2cccc3ccccc23)c(-c2cccc3c2sc2ccccc23)c1. The van der Waals surface area contributed by atoms with E-state index in [1.165, 1.54) is 47.6 Å². The highest BCUT2D eigenvalue weighted by Crippen LogP contribution is 2.47. The van der Waals surface area contributed by atoms with Crippen LogP contribution in [0.15, 0.2) is 180 Å². The van der Waals surface area contributed by atoms with E-state index >= 15 is 0 Å². The molecule has 0 N–H and O–H groups in total. The number of nitrogens with zero attached hydrogens (tertiary/aromatic N) is 1. The largest absolute Gasteiger partial charge is 0.456 e. The van der Waals surface area contributed by atoms with E-state index in [4.69, 9.17) is 4.42 Å². The van der Waals surface area contributed by atoms with Crippen molar-refractivity contribution in [2.24, 2.45) is 0 Å². The van der Waals surface area contributed by atoms with E-state index < -0.39 is 0 Å². The summed E-state index contributed by atoms with van der Waals surface area (Å²) in [6, 6.07) is 63.3. The van der Waals surface area contributed by atoms with Gasteiger partial charge in [-0.15, -0.1) is 11.3 Å². The predicted molar refractivity (Wildman–Crippen MR) is 210 cm³/mol. The first-order valence-corrected chi connectivity index (χ1v) is 17.4. The summed E-state index contributed by atoms with van der Waals surface area (Å²) in [6.07, 6.45) is 0. The van der Waals surface area contributed by atoms with Gasteiger partial charge in [0, 0.05) is 53.1 Å². The van der Waals surface area contributed by atoms with Crippen LogP contribution in [0.2, 0.25) is 0 Å². The highest BCUT2D eigenvalue weighted by atomic mass is 32.1. The van der Waals surface area contributed by atoms with E-state index in [1.54, 1.807) is 0 Å². The zero-order valence-corrected chi connectivity index (χ0v) is 27.3. The van der Waals surface area contributed by atoms with Crippen molar-refractivity contribution < 1.29 is 4.42 Å². The second-order valence-electron chi connectivity index (χ2n) is 12.5. The van der Waals surface area contributed by atoms with Crippen molar-refractivity contribution in [3.05, 3.63) is 176 Å². The summed E-state index contributed by atoms with van der Waals surface area (Å²) in [5.41, 5.74) is 10.00. The highest BCUT2D eigenvalue weighted by molar-refractivity contribution is 7.26. The van der Waals surface area contributed by atoms with Crippen molar-refractivity contribution in [2.75, 3.05) is 4.90 Å². The summed E-state index contributed by atoms with van der Waals surface area (Å²) in [4.78, 5) is 2.43. The van der Waals surface area contributed by atoms with Crippen molar-refractivity contribution in [1.29, 1.82) is 0 Å². The molecule has 0 unspecified atom stereocenters. The molecule has 0 bridgehead atoms. The molecule has 2 aromatic heterocycles. The topological polar surface area (TPSA) is 16.4 Å². The summed E-state index contributed by atoms with van der Waals surface area (Å²) >= 11 is 1.87. The minimum Gasteiger partial charge on any atom is -0.456 e. The molecule has 0 aliphatic heterocycles. The van der Waals surface area contributed by atoms with Gasteiger partial charge in [-0.1, -0.05) is 127 Å². The lowest BCUT2D eigenvalue weighted by Gasteiger charge is -2.29. The third-order valence-electron chi connectivity index (χ3n) is 9.68. The van der Waals surface area contributed by atoms with Crippen LogP contribution in [-0.2, 0) is 0 Å². The maximum atomic E-state index is 6.11. The predicted octanol–water partition coefficient (Wildman–Crippen LogP) is 13.9. The van der Waals surface area contributed by atoms with Crippen LogP contribution in [0, 0.1) is 0 Å². The first-order chi connectivity index (χ1) is 24.3. The van der Waals surface area contributed by atoms with Gasteiger partial charge in [-0.2, -0.15) is 0 Å². The molecule has 230 valence electrons. The van der Waals surface area contributed by atoms with Crippen molar-refractivity contribution in [3.63, 3.8) is 0 Å². The van der Waals surface area contributed by atoms with Crippen LogP contribution in [-0.4, -0.2) is 0 Å². The highest BCUT2D eigenvalue weighted by Gasteiger charge is 2.21. The van der Waals surface area contributed by atoms with Gasteiger partial charge in [0.2, 0.25) is 0 Å². The fourth-order valence-electron chi connectivity index (χ4n) is 7.38. The Labute approximate surface area is 287 Å². The average molecular weight is 644 g/mol. The number of thiophene rings is 1. The van der Waals surface area contributed by atoms with E-state index in [0.717, 1.165) is 44.6 Å². The van der Waals surface area contributed by atoms with Gasteiger partial charge in [0.15, 0.2) is 0 Å². The Morgan fingerprint density at radius 2 is 1.04 bits per heavy atom. The van der Waals surface area contributed by atoms with Crippen LogP contribution < -0.4 is 4.90 Å². The number of rotatable bonds is 5. The molecule has 0 aliphatic rings. The lowest BCUT2D eigenvalue weighted by atomic mass is 9.98. The summed E-state index contributed by atoms with van der Waals surface area (Å²) in [6.45, 7) is 0. The normalized spacial score (nSPS) is 11.7. The minimum absolute atomic E-state index is 0.911. The monoisotopic (exact) mass is 643 g/mol. The van der Waals surface area contributed by atoms with Crippen LogP contribution in [0.5, 0.6) is 0 Å². The van der Waals surface area contributed by atoms with Crippen molar-refractivity contribution in [3.8, 4) is 22.3 Å². The third-order valence-corrected chi connectivity index (χ3v) is 10.9. The van der Waals surface area contributed by atoms with E-state index in [0.29, 0.717) is 0 Å². The Hall–Kier alpha value is -6.16. The van der Waals surface area contributed by atoms with Crippen molar-refractivity contribution in [2.45, 2.75) is 0 Å². The van der Waals surface area contributed by atoms with Gasteiger partial charge in [-0.25, -0.2) is 0 Å². The van der Waals surface area contributed by atoms with Crippen LogP contribution in [0.4, 0.5) is 17.1 Å². The number of anilines is 3. The number of hydrogen-bond donors (Lipinski definition) is 0. The number of furan rings is 1. The molecule has 0 fully saturated rings. The molecule has 0 spiro atoms. The second kappa shape index (κ2) is 11.2. The molecule has 3 heteroatoms. The Morgan fingerprint density at radius 3 is 1.96 bits per heavy atom. The molecular formula is C46H29NOS. The molecule has 0 atom stereocenters. The van der Waals surface area contributed by atoms with Gasteiger partial charge in [0.25, 0.3) is 0 Å². The van der Waals surface area contributed by atoms with E-state index in [1.807, 2.05) is 23.5 Å². The van der Waals surface area contributed by atoms with Gasteiger partial charge >= 0.3 is 0 Å². The molecule has 10 rings (SSSR count). The number of fused-ring (bicyclic) bond motifs is 7. The summed E-state index contributed by atoms with van der Waals surface area (Å²) in [7, 11) is 0. The van der Waals surface area contributed by atoms with Crippen molar-refractivity contribution in [1.82, 2.24) is 0 Å². The van der Waals surface area contributed by atoms with E-state index in [-0.39, 0.29) is 0 Å². The molecule has 2 nitrogen and oxygen atoms in total. The van der Waals surface area contributed by atoms with E-state index in [2.05, 4.69) is 169 Å². The van der Waals surface area contributed by atoms with Gasteiger partial charge in [0.05, 0.1) is 11.4 Å². The van der Waals surface area contributed by atoms with Crippen LogP contribution in [0.25, 0.3) is 75.1 Å². The molecule has 10 aromatic rings. The van der Waals surface area contributed by atoms with Gasteiger partial charge in [-0.05, 0) is 65.0 Å². The molecule has 0 saturated heterocycles. The molecule has 8 aromatic carbocycles. The van der Waals surface area contributed by atoms with Crippen LogP contribution in [0.1, 0.15) is 0 Å². The van der Waals surface area contributed by atoms with Crippen LogP contribution in [0.3, 0.4) is 0 Å². The van der Waals surface area contributed by atoms with Crippen LogP contribution >= 0.6 is 11.3 Å². The molecule has 0 saturated carbocycles. The Kier molecular flexibility index (Phi) is 6.39. The Morgan fingerprint density at radius 1 is 0.408 bits per heavy atom. The number of para-hydroxylation sites is 2. The smallest absolute Gasteiger partial charge is 0.135 e. The molecule has 49 heavy (non-hydrogen) atoms. The lowest BCUT2D eigenvalue weighted by Crippen LogP contribution is -2.11. The zero-order chi connectivity index (χ0) is 32.3. The maximum absolute atomic E-state index is 6.11. The van der Waals surface area contributed by atoms with Crippen molar-refractivity contribution >= 4 is 81.3 Å². The Balaban J connectivity index is 1.16. The van der Waals surface area contributed by atoms with Gasteiger partial charge in [0.1, 0.15) is 11.2 Å². The number of benzene rings is 8. The standard InChI is InChI=1S/C46H29NOS/c1-2-13-34-31(11-1)12-9-20-41(34)47(33-26-23-30(24-27-33)32-25-28-44-40(29-32)36-15-4-7-21-43(36)48-44)42-19-6-3-14-35(42)38-17-10-18-39-37-16-5-8-22-45(37)49-46(38)39/h1-29H. The average Bonchev–Trinajstić information content (AvgIpc) is 3.74. The second-order valence-corrected chi connectivity index (χ2v) is 13.5.